The highest BCUT2D eigenvalue weighted by atomic mass is 14.9. The van der Waals surface area contributed by atoms with Crippen molar-refractivity contribution in [2.75, 3.05) is 0 Å². The van der Waals surface area contributed by atoms with Crippen molar-refractivity contribution >= 4 is 0 Å². The van der Waals surface area contributed by atoms with Gasteiger partial charge in [-0.2, -0.15) is 0 Å². The highest BCUT2D eigenvalue weighted by molar-refractivity contribution is 5.12. The second-order valence-electron chi connectivity index (χ2n) is 4.88. The van der Waals surface area contributed by atoms with Gasteiger partial charge >= 0.3 is 0 Å². The molecular formula is C10H17N. The van der Waals surface area contributed by atoms with Gasteiger partial charge in [0.2, 0.25) is 0 Å². The highest BCUT2D eigenvalue weighted by Crippen LogP contribution is 2.59. The molecule has 3 aliphatic carbocycles. The minimum Gasteiger partial charge on any atom is -0.325 e. The van der Waals surface area contributed by atoms with Crippen molar-refractivity contribution in [2.45, 2.75) is 44.1 Å². The summed E-state index contributed by atoms with van der Waals surface area (Å²) in [6.07, 6.45) is 8.60. The maximum Gasteiger partial charge on any atom is 0.0214 e. The molecule has 0 radical (unpaired) electrons. The molecule has 0 aliphatic heterocycles. The van der Waals surface area contributed by atoms with Crippen molar-refractivity contribution in [3.63, 3.8) is 0 Å². The fourth-order valence-electron chi connectivity index (χ4n) is 4.13. The summed E-state index contributed by atoms with van der Waals surface area (Å²) >= 11 is 0. The highest BCUT2D eigenvalue weighted by Gasteiger charge is 2.57. The van der Waals surface area contributed by atoms with Gasteiger partial charge in [-0.05, 0) is 49.9 Å². The summed E-state index contributed by atoms with van der Waals surface area (Å²) in [7, 11) is 0. The van der Waals surface area contributed by atoms with Crippen LogP contribution in [0, 0.1) is 17.8 Å². The first-order valence-electron chi connectivity index (χ1n) is 5.09. The summed E-state index contributed by atoms with van der Waals surface area (Å²) in [5, 5.41) is 0. The largest absolute Gasteiger partial charge is 0.325 e. The zero-order chi connectivity index (χ0) is 7.47. The Balaban J connectivity index is 2.00. The first kappa shape index (κ1) is 6.47. The smallest absolute Gasteiger partial charge is 0.0214 e. The summed E-state index contributed by atoms with van der Waals surface area (Å²) in [5.41, 5.74) is 6.77. The Kier molecular flexibility index (Phi) is 1.07. The molecule has 0 aromatic carbocycles. The van der Waals surface area contributed by atoms with E-state index in [1.807, 2.05) is 0 Å². The van der Waals surface area contributed by atoms with E-state index in [0.29, 0.717) is 5.54 Å². The van der Waals surface area contributed by atoms with Gasteiger partial charge in [-0.1, -0.05) is 6.42 Å². The van der Waals surface area contributed by atoms with E-state index >= 15 is 0 Å². The van der Waals surface area contributed by atoms with Crippen LogP contribution in [0.5, 0.6) is 0 Å². The number of fused-ring (bicyclic) bond motifs is 5. The lowest BCUT2D eigenvalue weighted by molar-refractivity contribution is 0.210. The van der Waals surface area contributed by atoms with Gasteiger partial charge in [0.05, 0.1) is 0 Å². The van der Waals surface area contributed by atoms with Gasteiger partial charge in [-0.3, -0.25) is 0 Å². The van der Waals surface area contributed by atoms with E-state index in [-0.39, 0.29) is 0 Å². The molecule has 1 nitrogen and oxygen atoms in total. The fourth-order valence-corrected chi connectivity index (χ4v) is 4.13. The Bertz CT molecular complexity index is 189. The van der Waals surface area contributed by atoms with E-state index in [1.165, 1.54) is 38.5 Å². The third-order valence-corrected chi connectivity index (χ3v) is 4.62. The number of hydrogen-bond donors (Lipinski definition) is 1. The molecular weight excluding hydrogens is 134 g/mol. The molecule has 3 aliphatic rings. The van der Waals surface area contributed by atoms with Gasteiger partial charge in [-0.25, -0.2) is 0 Å². The molecule has 0 saturated heterocycles. The van der Waals surface area contributed by atoms with Crippen LogP contribution < -0.4 is 5.73 Å². The Morgan fingerprint density at radius 3 is 2.91 bits per heavy atom. The van der Waals surface area contributed by atoms with E-state index < -0.39 is 0 Å². The predicted octanol–water partition coefficient (Wildman–Crippen LogP) is 1.91. The van der Waals surface area contributed by atoms with Crippen molar-refractivity contribution in [2.24, 2.45) is 23.5 Å². The average Bonchev–Trinajstić information content (AvgIpc) is 2.54. The molecule has 0 amide bonds. The zero-order valence-corrected chi connectivity index (χ0v) is 7.05. The maximum absolute atomic E-state index is 6.45. The normalized spacial score (nSPS) is 60.3. The van der Waals surface area contributed by atoms with E-state index in [4.69, 9.17) is 5.73 Å². The van der Waals surface area contributed by atoms with Crippen LogP contribution in [0.1, 0.15) is 38.5 Å². The molecule has 11 heavy (non-hydrogen) atoms. The predicted molar refractivity (Wildman–Crippen MR) is 45.1 cm³/mol. The Morgan fingerprint density at radius 2 is 2.09 bits per heavy atom. The summed E-state index contributed by atoms with van der Waals surface area (Å²) in [6, 6.07) is 0. The third kappa shape index (κ3) is 0.618. The van der Waals surface area contributed by atoms with Crippen LogP contribution in [-0.2, 0) is 0 Å². The molecule has 0 spiro atoms. The summed E-state index contributed by atoms with van der Waals surface area (Å²) in [5.74, 6) is 2.88. The second-order valence-corrected chi connectivity index (χ2v) is 4.88. The maximum atomic E-state index is 6.45. The summed E-state index contributed by atoms with van der Waals surface area (Å²) < 4.78 is 0. The molecule has 3 saturated carbocycles. The molecule has 1 heteroatoms. The van der Waals surface area contributed by atoms with Crippen molar-refractivity contribution in [1.29, 1.82) is 0 Å². The molecule has 62 valence electrons. The molecule has 2 N–H and O–H groups in total. The van der Waals surface area contributed by atoms with Crippen LogP contribution in [0.3, 0.4) is 0 Å². The van der Waals surface area contributed by atoms with Crippen molar-refractivity contribution < 1.29 is 0 Å². The molecule has 0 aromatic rings. The van der Waals surface area contributed by atoms with Gasteiger partial charge in [0.25, 0.3) is 0 Å². The SMILES string of the molecule is NC12CCCC1C1CCC2C1. The van der Waals surface area contributed by atoms with Crippen LogP contribution in [0.2, 0.25) is 0 Å². The molecule has 4 atom stereocenters. The molecule has 2 bridgehead atoms. The van der Waals surface area contributed by atoms with Gasteiger partial charge < -0.3 is 5.73 Å². The molecule has 0 heterocycles. The Hall–Kier alpha value is -0.0400. The summed E-state index contributed by atoms with van der Waals surface area (Å²) in [6.45, 7) is 0. The van der Waals surface area contributed by atoms with Crippen molar-refractivity contribution in [3.05, 3.63) is 0 Å². The van der Waals surface area contributed by atoms with Gasteiger partial charge in [0.1, 0.15) is 0 Å². The van der Waals surface area contributed by atoms with Gasteiger partial charge in [0, 0.05) is 5.54 Å². The number of rotatable bonds is 0. The first-order valence-corrected chi connectivity index (χ1v) is 5.09. The second kappa shape index (κ2) is 1.82. The van der Waals surface area contributed by atoms with Crippen molar-refractivity contribution in [1.82, 2.24) is 0 Å². The average molecular weight is 151 g/mol. The Labute approximate surface area is 68.3 Å². The minimum absolute atomic E-state index is 0.322. The van der Waals surface area contributed by atoms with Crippen LogP contribution in [-0.4, -0.2) is 5.54 Å². The lowest BCUT2D eigenvalue weighted by atomic mass is 9.76. The van der Waals surface area contributed by atoms with Gasteiger partial charge in [0.15, 0.2) is 0 Å². The molecule has 3 rings (SSSR count). The number of nitrogens with two attached hydrogens (primary N) is 1. The molecule has 4 unspecified atom stereocenters. The lowest BCUT2D eigenvalue weighted by Gasteiger charge is -2.35. The molecule has 3 fully saturated rings. The van der Waals surface area contributed by atoms with E-state index in [2.05, 4.69) is 0 Å². The van der Waals surface area contributed by atoms with Crippen LogP contribution in [0.25, 0.3) is 0 Å². The standard InChI is InChI=1S/C10H17N/c11-10-5-1-2-9(10)7-3-4-8(10)6-7/h7-9H,1-6,11H2. The van der Waals surface area contributed by atoms with Crippen molar-refractivity contribution in [3.8, 4) is 0 Å². The minimum atomic E-state index is 0.322. The van der Waals surface area contributed by atoms with E-state index in [9.17, 15) is 0 Å². The summed E-state index contributed by atoms with van der Waals surface area (Å²) in [4.78, 5) is 0. The lowest BCUT2D eigenvalue weighted by Crippen LogP contribution is -2.47. The van der Waals surface area contributed by atoms with Crippen LogP contribution in [0.4, 0.5) is 0 Å². The zero-order valence-electron chi connectivity index (χ0n) is 7.05. The van der Waals surface area contributed by atoms with Crippen LogP contribution >= 0.6 is 0 Å². The quantitative estimate of drug-likeness (QED) is 0.562. The first-order chi connectivity index (χ1) is 5.31. The van der Waals surface area contributed by atoms with Gasteiger partial charge in [-0.15, -0.1) is 0 Å². The van der Waals surface area contributed by atoms with Crippen LogP contribution in [0.15, 0.2) is 0 Å². The third-order valence-electron chi connectivity index (χ3n) is 4.62. The van der Waals surface area contributed by atoms with E-state index in [0.717, 1.165) is 17.8 Å². The monoisotopic (exact) mass is 151 g/mol. The fraction of sp³-hybridized carbons (Fsp3) is 1.00. The topological polar surface area (TPSA) is 26.0 Å². The van der Waals surface area contributed by atoms with E-state index in [1.54, 1.807) is 0 Å². The molecule has 0 aromatic heterocycles. The number of hydrogen-bond acceptors (Lipinski definition) is 1. The Morgan fingerprint density at radius 1 is 1.18 bits per heavy atom.